The maximum absolute atomic E-state index is 12.6. The second-order valence-electron chi connectivity index (χ2n) is 6.63. The van der Waals surface area contributed by atoms with E-state index in [1.54, 1.807) is 12.4 Å². The van der Waals surface area contributed by atoms with E-state index >= 15 is 0 Å². The molecule has 3 rings (SSSR count). The molecule has 2 aliphatic heterocycles. The Morgan fingerprint density at radius 3 is 2.40 bits per heavy atom. The van der Waals surface area contributed by atoms with Gasteiger partial charge < -0.3 is 15.0 Å². The predicted molar refractivity (Wildman–Crippen MR) is 94.5 cm³/mol. The van der Waals surface area contributed by atoms with Gasteiger partial charge in [0.25, 0.3) is 0 Å². The number of hydrogen-bond donors (Lipinski definition) is 1. The fourth-order valence-corrected chi connectivity index (χ4v) is 3.51. The van der Waals surface area contributed by atoms with Gasteiger partial charge in [-0.2, -0.15) is 0 Å². The highest BCUT2D eigenvalue weighted by Crippen LogP contribution is 2.18. The van der Waals surface area contributed by atoms with E-state index in [2.05, 4.69) is 15.2 Å². The molecule has 0 bridgehead atoms. The first-order valence-electron chi connectivity index (χ1n) is 8.96. The maximum atomic E-state index is 12.6. The molecule has 0 aromatic carbocycles. The molecule has 1 atom stereocenters. The number of rotatable bonds is 5. The highest BCUT2D eigenvalue weighted by atomic mass is 16.5. The van der Waals surface area contributed by atoms with E-state index in [0.717, 1.165) is 44.7 Å². The number of ether oxygens (including phenoxy) is 1. The predicted octanol–water partition coefficient (Wildman–Crippen LogP) is 0.456. The first kappa shape index (κ1) is 17.8. The summed E-state index contributed by atoms with van der Waals surface area (Å²) in [6, 6.07) is 3.17. The van der Waals surface area contributed by atoms with Crippen LogP contribution < -0.4 is 10.2 Å². The Labute approximate surface area is 148 Å². The molecule has 7 nitrogen and oxygen atoms in total. The summed E-state index contributed by atoms with van der Waals surface area (Å²) < 4.78 is 5.62. The Hall–Kier alpha value is -1.99. The summed E-state index contributed by atoms with van der Waals surface area (Å²) in [6.07, 6.45) is 5.10. The van der Waals surface area contributed by atoms with Crippen LogP contribution in [-0.4, -0.2) is 73.1 Å². The number of nitrogens with one attached hydrogen (secondary N) is 1. The second-order valence-corrected chi connectivity index (χ2v) is 6.63. The van der Waals surface area contributed by atoms with Crippen LogP contribution in [0.5, 0.6) is 0 Å². The van der Waals surface area contributed by atoms with Crippen molar-refractivity contribution in [3.05, 3.63) is 24.5 Å². The summed E-state index contributed by atoms with van der Waals surface area (Å²) in [7, 11) is 0. The monoisotopic (exact) mass is 346 g/mol. The van der Waals surface area contributed by atoms with E-state index in [-0.39, 0.29) is 11.9 Å². The van der Waals surface area contributed by atoms with Crippen molar-refractivity contribution in [3.63, 3.8) is 0 Å². The lowest BCUT2D eigenvalue weighted by Gasteiger charge is -2.38. The van der Waals surface area contributed by atoms with Crippen LogP contribution in [0.2, 0.25) is 0 Å². The van der Waals surface area contributed by atoms with Gasteiger partial charge in [0.15, 0.2) is 11.8 Å². The largest absolute Gasteiger partial charge is 0.461 e. The van der Waals surface area contributed by atoms with Crippen molar-refractivity contribution in [1.29, 1.82) is 0 Å². The third kappa shape index (κ3) is 4.55. The van der Waals surface area contributed by atoms with Crippen LogP contribution in [0.15, 0.2) is 24.5 Å². The molecule has 0 saturated carbocycles. The molecule has 1 unspecified atom stereocenters. The van der Waals surface area contributed by atoms with Crippen molar-refractivity contribution < 1.29 is 14.3 Å². The lowest BCUT2D eigenvalue weighted by atomic mass is 10.1. The zero-order valence-electron chi connectivity index (χ0n) is 14.7. The number of piperazine rings is 1. The molecule has 136 valence electrons. The van der Waals surface area contributed by atoms with E-state index in [1.165, 1.54) is 6.92 Å². The number of Topliss-reactive ketones (excluding diaryl/α,β-unsaturated/α-hetero) is 1. The fraction of sp³-hybridized carbons (Fsp3) is 0.611. The smallest absolute Gasteiger partial charge is 0.331 e. The summed E-state index contributed by atoms with van der Waals surface area (Å²) in [5, 5.41) is 3.25. The highest BCUT2D eigenvalue weighted by molar-refractivity contribution is 6.02. The average Bonchev–Trinajstić information content (AvgIpc) is 2.64. The fourth-order valence-electron chi connectivity index (χ4n) is 3.51. The van der Waals surface area contributed by atoms with Crippen molar-refractivity contribution >= 4 is 17.4 Å². The van der Waals surface area contributed by atoms with Crippen molar-refractivity contribution in [3.8, 4) is 0 Å². The number of esters is 1. The number of aromatic nitrogens is 1. The molecule has 2 fully saturated rings. The van der Waals surface area contributed by atoms with Gasteiger partial charge in [-0.1, -0.05) is 0 Å². The Morgan fingerprint density at radius 2 is 1.80 bits per heavy atom. The van der Waals surface area contributed by atoms with Gasteiger partial charge in [-0.3, -0.25) is 14.7 Å². The van der Waals surface area contributed by atoms with Gasteiger partial charge >= 0.3 is 5.97 Å². The van der Waals surface area contributed by atoms with Crippen molar-refractivity contribution in [2.75, 3.05) is 44.2 Å². The van der Waals surface area contributed by atoms with Gasteiger partial charge in [0.1, 0.15) is 6.10 Å². The van der Waals surface area contributed by atoms with Crippen LogP contribution in [0.4, 0.5) is 5.69 Å². The molecule has 25 heavy (non-hydrogen) atoms. The van der Waals surface area contributed by atoms with Gasteiger partial charge in [0.2, 0.25) is 0 Å². The molecule has 1 aromatic heterocycles. The molecule has 0 spiro atoms. The normalized spacial score (nSPS) is 20.9. The number of carbonyl (C=O) groups is 2. The summed E-state index contributed by atoms with van der Waals surface area (Å²) in [4.78, 5) is 32.9. The number of carbonyl (C=O) groups excluding carboxylic acids is 2. The first-order valence-corrected chi connectivity index (χ1v) is 8.96. The minimum atomic E-state index is -0.783. The SMILES string of the molecule is CC(=O)C(C(=O)OC1CCNCC1)N1CCN(c2ccncc2)CC1. The van der Waals surface area contributed by atoms with E-state index < -0.39 is 12.0 Å². The van der Waals surface area contributed by atoms with Gasteiger partial charge in [-0.05, 0) is 45.0 Å². The van der Waals surface area contributed by atoms with Crippen LogP contribution in [-0.2, 0) is 14.3 Å². The van der Waals surface area contributed by atoms with E-state index in [1.807, 2.05) is 17.0 Å². The summed E-state index contributed by atoms with van der Waals surface area (Å²) in [5.74, 6) is -0.534. The quantitative estimate of drug-likeness (QED) is 0.613. The van der Waals surface area contributed by atoms with Crippen LogP contribution in [0.3, 0.4) is 0 Å². The van der Waals surface area contributed by atoms with Crippen LogP contribution in [0.25, 0.3) is 0 Å². The topological polar surface area (TPSA) is 74.8 Å². The number of anilines is 1. The molecular formula is C18H26N4O3. The molecular weight excluding hydrogens is 320 g/mol. The maximum Gasteiger partial charge on any atom is 0.331 e. The number of hydrogen-bond acceptors (Lipinski definition) is 7. The van der Waals surface area contributed by atoms with Crippen LogP contribution >= 0.6 is 0 Å². The molecule has 2 saturated heterocycles. The van der Waals surface area contributed by atoms with Crippen molar-refractivity contribution in [1.82, 2.24) is 15.2 Å². The third-order valence-corrected chi connectivity index (χ3v) is 4.88. The van der Waals surface area contributed by atoms with Crippen LogP contribution in [0.1, 0.15) is 19.8 Å². The number of ketones is 1. The average molecular weight is 346 g/mol. The molecule has 1 aromatic rings. The lowest BCUT2D eigenvalue weighted by Crippen LogP contribution is -2.56. The molecule has 2 aliphatic rings. The molecule has 1 N–H and O–H groups in total. The van der Waals surface area contributed by atoms with Gasteiger partial charge in [-0.25, -0.2) is 4.79 Å². The van der Waals surface area contributed by atoms with E-state index in [0.29, 0.717) is 13.1 Å². The minimum absolute atomic E-state index is 0.0753. The molecule has 0 radical (unpaired) electrons. The Bertz CT molecular complexity index is 581. The van der Waals surface area contributed by atoms with Gasteiger partial charge in [0, 0.05) is 44.3 Å². The summed E-state index contributed by atoms with van der Waals surface area (Å²) in [5.41, 5.74) is 1.12. The molecule has 0 aliphatic carbocycles. The van der Waals surface area contributed by atoms with Crippen LogP contribution in [0, 0.1) is 0 Å². The Balaban J connectivity index is 1.58. The number of piperidine rings is 1. The number of pyridine rings is 1. The molecule has 7 heteroatoms. The molecule has 3 heterocycles. The molecule has 0 amide bonds. The second kappa shape index (κ2) is 8.40. The zero-order valence-corrected chi connectivity index (χ0v) is 14.7. The minimum Gasteiger partial charge on any atom is -0.461 e. The van der Waals surface area contributed by atoms with Gasteiger partial charge in [0.05, 0.1) is 0 Å². The van der Waals surface area contributed by atoms with E-state index in [4.69, 9.17) is 4.74 Å². The Morgan fingerprint density at radius 1 is 1.16 bits per heavy atom. The zero-order chi connectivity index (χ0) is 17.6. The first-order chi connectivity index (χ1) is 12.1. The third-order valence-electron chi connectivity index (χ3n) is 4.88. The van der Waals surface area contributed by atoms with Crippen molar-refractivity contribution in [2.24, 2.45) is 0 Å². The summed E-state index contributed by atoms with van der Waals surface area (Å²) in [6.45, 7) is 6.05. The summed E-state index contributed by atoms with van der Waals surface area (Å²) >= 11 is 0. The Kier molecular flexibility index (Phi) is 5.99. The lowest BCUT2D eigenvalue weighted by molar-refractivity contribution is -0.159. The van der Waals surface area contributed by atoms with Crippen molar-refractivity contribution in [2.45, 2.75) is 31.9 Å². The van der Waals surface area contributed by atoms with E-state index in [9.17, 15) is 9.59 Å². The number of nitrogens with zero attached hydrogens (tertiary/aromatic N) is 3. The van der Waals surface area contributed by atoms with Gasteiger partial charge in [-0.15, -0.1) is 0 Å². The standard InChI is InChI=1S/C18H26N4O3/c1-14(23)17(18(24)25-16-4-8-20-9-5-16)22-12-10-21(11-13-22)15-2-6-19-7-3-15/h2-3,6-7,16-17,20H,4-5,8-13H2,1H3. The highest BCUT2D eigenvalue weighted by Gasteiger charge is 2.35.